The number of alkyl halides is 1. The Balaban J connectivity index is 2.05. The van der Waals surface area contributed by atoms with Crippen LogP contribution in [-0.2, 0) is 0 Å². The fourth-order valence-corrected chi connectivity index (χ4v) is 3.85. The number of aliphatic imine (C=N–C) groups is 1. The van der Waals surface area contributed by atoms with Crippen LogP contribution >= 0.6 is 35.0 Å². The van der Waals surface area contributed by atoms with E-state index >= 15 is 0 Å². The molecule has 0 aromatic carbocycles. The molecule has 1 heterocycles. The van der Waals surface area contributed by atoms with Gasteiger partial charge in [0.1, 0.15) is 5.00 Å². The van der Waals surface area contributed by atoms with Gasteiger partial charge in [0, 0.05) is 5.75 Å². The summed E-state index contributed by atoms with van der Waals surface area (Å²) in [5.74, 6) is 1.41. The average molecular weight is 238 g/mol. The predicted molar refractivity (Wildman–Crippen MR) is 60.9 cm³/mol. The minimum Gasteiger partial charge on any atom is -0.243 e. The second-order valence-corrected chi connectivity index (χ2v) is 6.01. The molecule has 1 aliphatic heterocycles. The molecule has 0 N–H and O–H groups in total. The van der Waals surface area contributed by atoms with Gasteiger partial charge in [0.05, 0.1) is 0 Å². The molecule has 2 rings (SSSR count). The molecule has 1 aliphatic carbocycles. The van der Waals surface area contributed by atoms with Gasteiger partial charge in [-0.2, -0.15) is 0 Å². The molecule has 0 aromatic rings. The van der Waals surface area contributed by atoms with Gasteiger partial charge < -0.3 is 0 Å². The second kappa shape index (κ2) is 4.00. The van der Waals surface area contributed by atoms with Crippen molar-refractivity contribution in [3.63, 3.8) is 0 Å². The highest BCUT2D eigenvalue weighted by Gasteiger charge is 2.40. The Labute approximate surface area is 93.3 Å². The van der Waals surface area contributed by atoms with Crippen LogP contribution in [0.15, 0.2) is 4.99 Å². The van der Waals surface area contributed by atoms with E-state index in [0.717, 1.165) is 5.75 Å². The van der Waals surface area contributed by atoms with Crippen LogP contribution < -0.4 is 0 Å². The Kier molecular flexibility index (Phi) is 3.11. The molecule has 2 aliphatic rings. The largest absolute Gasteiger partial charge is 0.243 e. The van der Waals surface area contributed by atoms with E-state index in [1.165, 1.54) is 32.1 Å². The maximum Gasteiger partial charge on any atom is 0.160 e. The van der Waals surface area contributed by atoms with Gasteiger partial charge in [-0.05, 0) is 18.8 Å². The quantitative estimate of drug-likeness (QED) is 0.499. The summed E-state index contributed by atoms with van der Waals surface area (Å²) in [5, 5.41) is 0. The summed E-state index contributed by atoms with van der Waals surface area (Å²) < 4.78 is 0.639. The Bertz CT molecular complexity index is 226. The zero-order chi connectivity index (χ0) is 9.31. The summed E-state index contributed by atoms with van der Waals surface area (Å²) in [6.45, 7) is 0. The summed E-state index contributed by atoms with van der Waals surface area (Å²) in [6, 6.07) is 0. The third-order valence-electron chi connectivity index (χ3n) is 2.90. The van der Waals surface area contributed by atoms with E-state index in [-0.39, 0.29) is 5.00 Å². The van der Waals surface area contributed by atoms with Gasteiger partial charge in [0.15, 0.2) is 4.50 Å². The standard InChI is InChI=1S/C9H13Cl2NS/c10-8-12-9(11,6-13-8)7-4-2-1-3-5-7/h7H,1-6H2. The van der Waals surface area contributed by atoms with Crippen molar-refractivity contribution in [3.8, 4) is 0 Å². The van der Waals surface area contributed by atoms with E-state index in [9.17, 15) is 0 Å². The summed E-state index contributed by atoms with van der Waals surface area (Å²) in [7, 11) is 0. The predicted octanol–water partition coefficient (Wildman–Crippen LogP) is 3.84. The number of hydrogen-bond acceptors (Lipinski definition) is 2. The molecule has 1 fully saturated rings. The molecule has 0 aromatic heterocycles. The molecule has 1 nitrogen and oxygen atoms in total. The van der Waals surface area contributed by atoms with Crippen LogP contribution in [0.3, 0.4) is 0 Å². The van der Waals surface area contributed by atoms with Crippen molar-refractivity contribution in [1.29, 1.82) is 0 Å². The molecule has 74 valence electrons. The van der Waals surface area contributed by atoms with Crippen LogP contribution in [0.2, 0.25) is 0 Å². The Morgan fingerprint density at radius 3 is 2.54 bits per heavy atom. The van der Waals surface area contributed by atoms with Crippen LogP contribution in [-0.4, -0.2) is 15.3 Å². The first-order valence-electron chi connectivity index (χ1n) is 4.78. The summed E-state index contributed by atoms with van der Waals surface area (Å²) in [4.78, 5) is 3.98. The minimum atomic E-state index is -0.373. The smallest absolute Gasteiger partial charge is 0.160 e. The topological polar surface area (TPSA) is 12.4 Å². The SMILES string of the molecule is ClC1=NC(Cl)(C2CCCCC2)CS1. The average Bonchev–Trinajstić information content (AvgIpc) is 2.49. The van der Waals surface area contributed by atoms with Crippen molar-refractivity contribution in [3.05, 3.63) is 0 Å². The highest BCUT2D eigenvalue weighted by molar-refractivity contribution is 8.17. The molecule has 0 saturated heterocycles. The van der Waals surface area contributed by atoms with E-state index in [2.05, 4.69) is 4.99 Å². The van der Waals surface area contributed by atoms with Crippen LogP contribution in [0.5, 0.6) is 0 Å². The van der Waals surface area contributed by atoms with E-state index in [1.54, 1.807) is 11.8 Å². The van der Waals surface area contributed by atoms with E-state index in [0.29, 0.717) is 10.4 Å². The molecule has 1 saturated carbocycles. The molecule has 13 heavy (non-hydrogen) atoms. The normalized spacial score (nSPS) is 36.3. The van der Waals surface area contributed by atoms with Crippen molar-refractivity contribution < 1.29 is 0 Å². The lowest BCUT2D eigenvalue weighted by Crippen LogP contribution is -2.32. The highest BCUT2D eigenvalue weighted by Crippen LogP contribution is 2.44. The van der Waals surface area contributed by atoms with Crippen molar-refractivity contribution in [2.45, 2.75) is 37.1 Å². The summed E-state index contributed by atoms with van der Waals surface area (Å²) in [5.41, 5.74) is 0. The van der Waals surface area contributed by atoms with Gasteiger partial charge >= 0.3 is 0 Å². The van der Waals surface area contributed by atoms with Gasteiger partial charge in [0.25, 0.3) is 0 Å². The Morgan fingerprint density at radius 2 is 2.00 bits per heavy atom. The van der Waals surface area contributed by atoms with Crippen LogP contribution in [0.25, 0.3) is 0 Å². The van der Waals surface area contributed by atoms with Gasteiger partial charge in [0.2, 0.25) is 0 Å². The molecule has 0 amide bonds. The van der Waals surface area contributed by atoms with Crippen LogP contribution in [0.4, 0.5) is 0 Å². The van der Waals surface area contributed by atoms with Crippen molar-refractivity contribution in [2.24, 2.45) is 10.9 Å². The molecule has 0 radical (unpaired) electrons. The first-order valence-corrected chi connectivity index (χ1v) is 6.52. The second-order valence-electron chi connectivity index (χ2n) is 3.81. The third-order valence-corrected chi connectivity index (χ3v) is 4.91. The van der Waals surface area contributed by atoms with Crippen LogP contribution in [0.1, 0.15) is 32.1 Å². The van der Waals surface area contributed by atoms with Crippen LogP contribution in [0, 0.1) is 5.92 Å². The Morgan fingerprint density at radius 1 is 1.31 bits per heavy atom. The fraction of sp³-hybridized carbons (Fsp3) is 0.889. The molecule has 4 heteroatoms. The maximum atomic E-state index is 6.45. The summed E-state index contributed by atoms with van der Waals surface area (Å²) in [6.07, 6.45) is 6.40. The van der Waals surface area contributed by atoms with E-state index < -0.39 is 0 Å². The van der Waals surface area contributed by atoms with Crippen molar-refractivity contribution in [1.82, 2.24) is 0 Å². The molecular formula is C9H13Cl2NS. The molecule has 1 unspecified atom stereocenters. The number of halogens is 2. The van der Waals surface area contributed by atoms with Gasteiger partial charge in [-0.25, -0.2) is 4.99 Å². The molecule has 0 spiro atoms. The third kappa shape index (κ3) is 2.16. The molecule has 0 bridgehead atoms. The first-order chi connectivity index (χ1) is 6.21. The minimum absolute atomic E-state index is 0.373. The number of hydrogen-bond donors (Lipinski definition) is 0. The lowest BCUT2D eigenvalue weighted by molar-refractivity contribution is 0.297. The monoisotopic (exact) mass is 237 g/mol. The maximum absolute atomic E-state index is 6.45. The molecular weight excluding hydrogens is 225 g/mol. The fourth-order valence-electron chi connectivity index (χ4n) is 2.13. The highest BCUT2D eigenvalue weighted by atomic mass is 35.5. The van der Waals surface area contributed by atoms with Gasteiger partial charge in [-0.1, -0.05) is 54.2 Å². The zero-order valence-corrected chi connectivity index (χ0v) is 9.76. The number of nitrogens with zero attached hydrogens (tertiary/aromatic N) is 1. The van der Waals surface area contributed by atoms with E-state index in [1.807, 2.05) is 0 Å². The Hall–Kier alpha value is 0.600. The first kappa shape index (κ1) is 10.1. The zero-order valence-electron chi connectivity index (χ0n) is 7.43. The summed E-state index contributed by atoms with van der Waals surface area (Å²) >= 11 is 13.9. The van der Waals surface area contributed by atoms with E-state index in [4.69, 9.17) is 23.2 Å². The van der Waals surface area contributed by atoms with Crippen molar-refractivity contribution >= 4 is 39.5 Å². The van der Waals surface area contributed by atoms with Crippen molar-refractivity contribution in [2.75, 3.05) is 5.75 Å². The number of thioether (sulfide) groups is 1. The lowest BCUT2D eigenvalue weighted by atomic mass is 9.84. The number of rotatable bonds is 1. The van der Waals surface area contributed by atoms with Gasteiger partial charge in [-0.3, -0.25) is 0 Å². The lowest BCUT2D eigenvalue weighted by Gasteiger charge is -2.31. The molecule has 1 atom stereocenters. The van der Waals surface area contributed by atoms with Gasteiger partial charge in [-0.15, -0.1) is 0 Å².